The predicted octanol–water partition coefficient (Wildman–Crippen LogP) is 3.67. The highest BCUT2D eigenvalue weighted by molar-refractivity contribution is 6.35. The third-order valence-electron chi connectivity index (χ3n) is 2.01. The molecule has 1 rings (SSSR count). The van der Waals surface area contributed by atoms with Crippen LogP contribution in [0.3, 0.4) is 0 Å². The average Bonchev–Trinajstić information content (AvgIpc) is 1.99. The summed E-state index contributed by atoms with van der Waals surface area (Å²) in [6.07, 6.45) is 0.578. The van der Waals surface area contributed by atoms with Crippen LogP contribution in [-0.4, -0.2) is 5.11 Å². The Hall–Kier alpha value is -0.700. The second-order valence-electron chi connectivity index (χ2n) is 3.59. The Morgan fingerprint density at radius 1 is 1.53 bits per heavy atom. The largest absolute Gasteiger partial charge is 0.508 e. The van der Waals surface area contributed by atoms with Gasteiger partial charge in [0.2, 0.25) is 0 Å². The summed E-state index contributed by atoms with van der Waals surface area (Å²) in [5, 5.41) is 10.5. The molecule has 0 aliphatic rings. The number of nitrogens with two attached hydrogens (primary N) is 1. The lowest BCUT2D eigenvalue weighted by molar-refractivity contribution is 0.461. The minimum atomic E-state index is -0.354. The highest BCUT2D eigenvalue weighted by Gasteiger charge is 2.15. The molecule has 1 aromatic rings. The molecule has 0 bridgehead atoms. The van der Waals surface area contributed by atoms with Gasteiger partial charge in [-0.25, -0.2) is 0 Å². The van der Waals surface area contributed by atoms with E-state index in [1.807, 2.05) is 6.92 Å². The first-order valence-corrected chi connectivity index (χ1v) is 5.25. The van der Waals surface area contributed by atoms with Gasteiger partial charge < -0.3 is 10.8 Å². The third kappa shape index (κ3) is 3.13. The maximum atomic E-state index is 9.68. The monoisotopic (exact) mass is 245 g/mol. The van der Waals surface area contributed by atoms with Gasteiger partial charge in [0.25, 0.3) is 0 Å². The Kier molecular flexibility index (Phi) is 4.03. The number of hydrogen-bond donors (Lipinski definition) is 2. The number of phenolic OH excluding ortho intramolecular Hbond substituents is 1. The molecule has 15 heavy (non-hydrogen) atoms. The summed E-state index contributed by atoms with van der Waals surface area (Å²) in [4.78, 5) is 0. The van der Waals surface area contributed by atoms with Crippen LogP contribution in [0.2, 0.25) is 10.0 Å². The first-order chi connectivity index (χ1) is 6.91. The average molecular weight is 246 g/mol. The van der Waals surface area contributed by atoms with Crippen LogP contribution in [0.15, 0.2) is 24.3 Å². The van der Waals surface area contributed by atoms with Crippen molar-refractivity contribution in [1.29, 1.82) is 0 Å². The topological polar surface area (TPSA) is 46.2 Å². The van der Waals surface area contributed by atoms with Crippen LogP contribution in [0.4, 0.5) is 0 Å². The molecule has 1 atom stereocenters. The SMILES string of the molecule is C=C(C)C[C@@H](N)c1c(O)cc(Cl)cc1Cl. The third-order valence-corrected chi connectivity index (χ3v) is 2.54. The van der Waals surface area contributed by atoms with Crippen molar-refractivity contribution >= 4 is 23.2 Å². The molecule has 0 fully saturated rings. The molecule has 0 aliphatic heterocycles. The molecule has 0 radical (unpaired) electrons. The molecule has 4 heteroatoms. The Morgan fingerprint density at radius 2 is 2.13 bits per heavy atom. The van der Waals surface area contributed by atoms with Crippen molar-refractivity contribution in [3.63, 3.8) is 0 Å². The van der Waals surface area contributed by atoms with Gasteiger partial charge in [0.05, 0.1) is 5.02 Å². The van der Waals surface area contributed by atoms with Crippen molar-refractivity contribution in [3.05, 3.63) is 39.9 Å². The maximum Gasteiger partial charge on any atom is 0.123 e. The molecule has 0 saturated heterocycles. The summed E-state index contributed by atoms with van der Waals surface area (Å²) in [6, 6.07) is 2.64. The standard InChI is InChI=1S/C11H13Cl2NO/c1-6(2)3-9(14)11-8(13)4-7(12)5-10(11)15/h4-5,9,15H,1,3,14H2,2H3/t9-/m1/s1. The normalized spacial score (nSPS) is 12.5. The van der Waals surface area contributed by atoms with E-state index in [-0.39, 0.29) is 11.8 Å². The molecular weight excluding hydrogens is 233 g/mol. The Morgan fingerprint density at radius 3 is 2.60 bits per heavy atom. The van der Waals surface area contributed by atoms with Crippen LogP contribution in [0, 0.1) is 0 Å². The van der Waals surface area contributed by atoms with E-state index in [0.29, 0.717) is 22.0 Å². The smallest absolute Gasteiger partial charge is 0.123 e. The van der Waals surface area contributed by atoms with Gasteiger partial charge in [0.1, 0.15) is 5.75 Å². The molecule has 2 nitrogen and oxygen atoms in total. The summed E-state index contributed by atoms with van der Waals surface area (Å²) >= 11 is 11.7. The van der Waals surface area contributed by atoms with E-state index in [1.165, 1.54) is 6.07 Å². The van der Waals surface area contributed by atoms with Crippen LogP contribution in [0.5, 0.6) is 5.75 Å². The van der Waals surface area contributed by atoms with E-state index < -0.39 is 0 Å². The van der Waals surface area contributed by atoms with E-state index in [2.05, 4.69) is 6.58 Å². The first-order valence-electron chi connectivity index (χ1n) is 4.49. The van der Waals surface area contributed by atoms with Gasteiger partial charge >= 0.3 is 0 Å². The molecule has 0 heterocycles. The highest BCUT2D eigenvalue weighted by atomic mass is 35.5. The number of halogens is 2. The molecule has 0 aliphatic carbocycles. The molecule has 1 aromatic carbocycles. The van der Waals surface area contributed by atoms with E-state index in [1.54, 1.807) is 6.07 Å². The van der Waals surface area contributed by atoms with Crippen molar-refractivity contribution in [1.82, 2.24) is 0 Å². The molecular formula is C11H13Cl2NO. The Bertz CT molecular complexity index is 367. The first kappa shape index (κ1) is 12.4. The molecule has 0 saturated carbocycles. The van der Waals surface area contributed by atoms with Crippen LogP contribution in [-0.2, 0) is 0 Å². The molecule has 82 valence electrons. The van der Waals surface area contributed by atoms with Gasteiger partial charge in [0, 0.05) is 16.6 Å². The van der Waals surface area contributed by atoms with Gasteiger partial charge in [-0.15, -0.1) is 6.58 Å². The van der Waals surface area contributed by atoms with Crippen molar-refractivity contribution < 1.29 is 5.11 Å². The van der Waals surface area contributed by atoms with E-state index >= 15 is 0 Å². The zero-order chi connectivity index (χ0) is 11.6. The minimum Gasteiger partial charge on any atom is -0.508 e. The molecule has 0 aromatic heterocycles. The Balaban J connectivity index is 3.08. The number of phenols is 1. The second-order valence-corrected chi connectivity index (χ2v) is 4.43. The van der Waals surface area contributed by atoms with Crippen LogP contribution >= 0.6 is 23.2 Å². The lowest BCUT2D eigenvalue weighted by Gasteiger charge is -2.15. The predicted molar refractivity (Wildman–Crippen MR) is 64.5 cm³/mol. The van der Waals surface area contributed by atoms with Gasteiger partial charge in [-0.3, -0.25) is 0 Å². The van der Waals surface area contributed by atoms with Gasteiger partial charge in [-0.1, -0.05) is 28.8 Å². The highest BCUT2D eigenvalue weighted by Crippen LogP contribution is 2.35. The fourth-order valence-electron chi connectivity index (χ4n) is 1.42. The number of benzene rings is 1. The van der Waals surface area contributed by atoms with Gasteiger partial charge in [0.15, 0.2) is 0 Å². The van der Waals surface area contributed by atoms with Crippen molar-refractivity contribution in [2.45, 2.75) is 19.4 Å². The molecule has 0 unspecified atom stereocenters. The van der Waals surface area contributed by atoms with Crippen molar-refractivity contribution in [3.8, 4) is 5.75 Å². The fraction of sp³-hybridized carbons (Fsp3) is 0.273. The summed E-state index contributed by atoms with van der Waals surface area (Å²) < 4.78 is 0. The minimum absolute atomic E-state index is 0.0289. The summed E-state index contributed by atoms with van der Waals surface area (Å²) in [6.45, 7) is 5.64. The number of rotatable bonds is 3. The summed E-state index contributed by atoms with van der Waals surface area (Å²) in [7, 11) is 0. The summed E-state index contributed by atoms with van der Waals surface area (Å²) in [5.41, 5.74) is 7.35. The van der Waals surface area contributed by atoms with Crippen LogP contribution in [0.25, 0.3) is 0 Å². The van der Waals surface area contributed by atoms with E-state index in [0.717, 1.165) is 5.57 Å². The molecule has 0 spiro atoms. The molecule has 0 amide bonds. The van der Waals surface area contributed by atoms with Gasteiger partial charge in [-0.05, 0) is 25.5 Å². The van der Waals surface area contributed by atoms with E-state index in [9.17, 15) is 5.11 Å². The maximum absolute atomic E-state index is 9.68. The second kappa shape index (κ2) is 4.88. The summed E-state index contributed by atoms with van der Waals surface area (Å²) in [5.74, 6) is 0.0289. The number of aromatic hydroxyl groups is 1. The number of hydrogen-bond acceptors (Lipinski definition) is 2. The van der Waals surface area contributed by atoms with Crippen molar-refractivity contribution in [2.24, 2.45) is 5.73 Å². The van der Waals surface area contributed by atoms with Crippen molar-refractivity contribution in [2.75, 3.05) is 0 Å². The van der Waals surface area contributed by atoms with E-state index in [4.69, 9.17) is 28.9 Å². The zero-order valence-electron chi connectivity index (χ0n) is 8.43. The van der Waals surface area contributed by atoms with Crippen LogP contribution < -0.4 is 5.73 Å². The van der Waals surface area contributed by atoms with Gasteiger partial charge in [-0.2, -0.15) is 0 Å². The lowest BCUT2D eigenvalue weighted by Crippen LogP contribution is -2.11. The Labute approximate surface area is 99.3 Å². The van der Waals surface area contributed by atoms with Crippen LogP contribution in [0.1, 0.15) is 24.9 Å². The zero-order valence-corrected chi connectivity index (χ0v) is 9.94. The molecule has 3 N–H and O–H groups in total. The quantitative estimate of drug-likeness (QED) is 0.799. The fourth-order valence-corrected chi connectivity index (χ4v) is 2.04. The lowest BCUT2D eigenvalue weighted by atomic mass is 10.0.